The molecular formula is C14H22ClN3O2. The molecule has 1 atom stereocenters. The molecule has 1 aromatic rings. The summed E-state index contributed by atoms with van der Waals surface area (Å²) < 4.78 is 2.18. The van der Waals surface area contributed by atoms with Gasteiger partial charge in [-0.3, -0.25) is 4.79 Å². The number of likely N-dealkylation sites (tertiary alicyclic amines) is 1. The van der Waals surface area contributed by atoms with E-state index in [0.29, 0.717) is 12.5 Å². The number of carbonyl (C=O) groups is 1. The SMILES string of the molecule is CN1CCC(c2ncc3n2CC(C(=O)O)CC3)CC1.Cl. The fraction of sp³-hybridized carbons (Fsp3) is 0.714. The maximum atomic E-state index is 11.2. The summed E-state index contributed by atoms with van der Waals surface area (Å²) in [6.07, 6.45) is 5.80. The molecule has 3 rings (SSSR count). The van der Waals surface area contributed by atoms with E-state index in [1.165, 1.54) is 5.69 Å². The highest BCUT2D eigenvalue weighted by atomic mass is 35.5. The smallest absolute Gasteiger partial charge is 0.308 e. The minimum absolute atomic E-state index is 0. The van der Waals surface area contributed by atoms with Crippen molar-refractivity contribution >= 4 is 18.4 Å². The van der Waals surface area contributed by atoms with Crippen molar-refractivity contribution < 1.29 is 9.90 Å². The van der Waals surface area contributed by atoms with E-state index in [-0.39, 0.29) is 18.3 Å². The topological polar surface area (TPSA) is 58.4 Å². The number of piperidine rings is 1. The lowest BCUT2D eigenvalue weighted by atomic mass is 9.94. The van der Waals surface area contributed by atoms with Crippen LogP contribution in [0.25, 0.3) is 0 Å². The van der Waals surface area contributed by atoms with Crippen molar-refractivity contribution in [1.82, 2.24) is 14.5 Å². The molecule has 0 aliphatic carbocycles. The summed E-state index contributed by atoms with van der Waals surface area (Å²) in [4.78, 5) is 18.1. The molecule has 1 N–H and O–H groups in total. The van der Waals surface area contributed by atoms with Crippen LogP contribution in [0.3, 0.4) is 0 Å². The zero-order chi connectivity index (χ0) is 13.4. The molecule has 0 amide bonds. The van der Waals surface area contributed by atoms with Gasteiger partial charge in [0, 0.05) is 24.4 Å². The van der Waals surface area contributed by atoms with Crippen molar-refractivity contribution in [1.29, 1.82) is 0 Å². The predicted octanol–water partition coefficient (Wildman–Crippen LogP) is 1.76. The van der Waals surface area contributed by atoms with E-state index >= 15 is 0 Å². The normalized spacial score (nSPS) is 23.9. The lowest BCUT2D eigenvalue weighted by Gasteiger charge is -2.30. The summed E-state index contributed by atoms with van der Waals surface area (Å²) >= 11 is 0. The maximum absolute atomic E-state index is 11.2. The third-order valence-corrected chi connectivity index (χ3v) is 4.55. The average Bonchev–Trinajstić information content (AvgIpc) is 2.82. The number of halogens is 1. The Kier molecular flexibility index (Phi) is 4.70. The number of aliphatic carboxylic acids is 1. The lowest BCUT2D eigenvalue weighted by molar-refractivity contribution is -0.142. The summed E-state index contributed by atoms with van der Waals surface area (Å²) in [6.45, 7) is 2.82. The Labute approximate surface area is 125 Å². The van der Waals surface area contributed by atoms with Crippen LogP contribution in [0.1, 0.15) is 36.7 Å². The molecule has 6 heteroatoms. The third kappa shape index (κ3) is 2.83. The second-order valence-corrected chi connectivity index (χ2v) is 5.87. The lowest BCUT2D eigenvalue weighted by Crippen LogP contribution is -2.32. The first-order chi connectivity index (χ1) is 9.15. The molecule has 20 heavy (non-hydrogen) atoms. The van der Waals surface area contributed by atoms with Crippen LogP contribution in [0.15, 0.2) is 6.20 Å². The Morgan fingerprint density at radius 1 is 1.35 bits per heavy atom. The Bertz CT molecular complexity index is 481. The van der Waals surface area contributed by atoms with Crippen LogP contribution in [0.4, 0.5) is 0 Å². The van der Waals surface area contributed by atoms with Crippen molar-refractivity contribution in [3.63, 3.8) is 0 Å². The molecular weight excluding hydrogens is 278 g/mol. The Morgan fingerprint density at radius 2 is 2.05 bits per heavy atom. The monoisotopic (exact) mass is 299 g/mol. The first kappa shape index (κ1) is 15.3. The van der Waals surface area contributed by atoms with Gasteiger partial charge in [0.05, 0.1) is 5.92 Å². The second-order valence-electron chi connectivity index (χ2n) is 5.87. The average molecular weight is 300 g/mol. The van der Waals surface area contributed by atoms with Gasteiger partial charge >= 0.3 is 5.97 Å². The third-order valence-electron chi connectivity index (χ3n) is 4.55. The minimum atomic E-state index is -0.673. The van der Waals surface area contributed by atoms with Gasteiger partial charge in [0.2, 0.25) is 0 Å². The van der Waals surface area contributed by atoms with Gasteiger partial charge in [-0.15, -0.1) is 12.4 Å². The molecule has 1 unspecified atom stereocenters. The number of fused-ring (bicyclic) bond motifs is 1. The molecule has 1 saturated heterocycles. The van der Waals surface area contributed by atoms with Crippen LogP contribution in [-0.2, 0) is 17.8 Å². The largest absolute Gasteiger partial charge is 0.481 e. The van der Waals surface area contributed by atoms with E-state index < -0.39 is 5.97 Å². The molecule has 2 aliphatic rings. The molecule has 0 aromatic carbocycles. The van der Waals surface area contributed by atoms with Gasteiger partial charge in [-0.1, -0.05) is 0 Å². The van der Waals surface area contributed by atoms with Crippen LogP contribution >= 0.6 is 12.4 Å². The quantitative estimate of drug-likeness (QED) is 0.904. The number of carboxylic acid groups (broad SMARTS) is 1. The highest BCUT2D eigenvalue weighted by Gasteiger charge is 2.29. The number of nitrogens with zero attached hydrogens (tertiary/aromatic N) is 3. The first-order valence-electron chi connectivity index (χ1n) is 7.11. The van der Waals surface area contributed by atoms with Gasteiger partial charge in [-0.25, -0.2) is 4.98 Å². The first-order valence-corrected chi connectivity index (χ1v) is 7.11. The van der Waals surface area contributed by atoms with Crippen LogP contribution in [0, 0.1) is 5.92 Å². The fourth-order valence-electron chi connectivity index (χ4n) is 3.27. The maximum Gasteiger partial charge on any atom is 0.308 e. The molecule has 0 saturated carbocycles. The number of aryl methyl sites for hydroxylation is 1. The van der Waals surface area contributed by atoms with E-state index in [4.69, 9.17) is 0 Å². The number of aromatic nitrogens is 2. The summed E-state index contributed by atoms with van der Waals surface area (Å²) in [5.41, 5.74) is 1.21. The van der Waals surface area contributed by atoms with Crippen LogP contribution < -0.4 is 0 Å². The molecule has 0 bridgehead atoms. The molecule has 2 aliphatic heterocycles. The number of hydrogen-bond acceptors (Lipinski definition) is 3. The van der Waals surface area contributed by atoms with Gasteiger partial charge in [0.25, 0.3) is 0 Å². The minimum Gasteiger partial charge on any atom is -0.481 e. The van der Waals surface area contributed by atoms with Gasteiger partial charge < -0.3 is 14.6 Å². The van der Waals surface area contributed by atoms with Crippen molar-refractivity contribution in [3.8, 4) is 0 Å². The molecule has 3 heterocycles. The zero-order valence-corrected chi connectivity index (χ0v) is 12.6. The van der Waals surface area contributed by atoms with Crippen LogP contribution in [0.5, 0.6) is 0 Å². The Morgan fingerprint density at radius 3 is 2.70 bits per heavy atom. The van der Waals surface area contributed by atoms with Gasteiger partial charge in [-0.05, 0) is 45.8 Å². The number of imidazole rings is 1. The van der Waals surface area contributed by atoms with E-state index in [2.05, 4.69) is 21.5 Å². The van der Waals surface area contributed by atoms with Crippen molar-refractivity contribution in [2.75, 3.05) is 20.1 Å². The van der Waals surface area contributed by atoms with Crippen molar-refractivity contribution in [3.05, 3.63) is 17.7 Å². The summed E-state index contributed by atoms with van der Waals surface area (Å²) in [7, 11) is 2.15. The van der Waals surface area contributed by atoms with E-state index in [1.807, 2.05) is 6.20 Å². The van der Waals surface area contributed by atoms with E-state index in [1.54, 1.807) is 0 Å². The number of hydrogen-bond donors (Lipinski definition) is 1. The van der Waals surface area contributed by atoms with Crippen molar-refractivity contribution in [2.45, 2.75) is 38.1 Å². The van der Waals surface area contributed by atoms with Crippen molar-refractivity contribution in [2.24, 2.45) is 5.92 Å². The Hall–Kier alpha value is -1.07. The zero-order valence-electron chi connectivity index (χ0n) is 11.8. The van der Waals surface area contributed by atoms with Crippen LogP contribution in [-0.4, -0.2) is 45.7 Å². The van der Waals surface area contributed by atoms with E-state index in [0.717, 1.165) is 44.6 Å². The molecule has 0 spiro atoms. The summed E-state index contributed by atoms with van der Waals surface area (Å²) in [5.74, 6) is 0.701. The molecule has 1 fully saturated rings. The predicted molar refractivity (Wildman–Crippen MR) is 78.4 cm³/mol. The molecule has 0 radical (unpaired) electrons. The summed E-state index contributed by atoms with van der Waals surface area (Å²) in [5, 5.41) is 9.20. The Balaban J connectivity index is 0.00000147. The van der Waals surface area contributed by atoms with Gasteiger partial charge in [0.1, 0.15) is 5.82 Å². The standard InChI is InChI=1S/C14H21N3O2.ClH/c1-16-6-4-10(5-7-16)13-15-8-12-3-2-11(14(18)19)9-17(12)13;/h8,10-11H,2-7,9H2,1H3,(H,18,19);1H. The molecule has 5 nitrogen and oxygen atoms in total. The molecule has 112 valence electrons. The second kappa shape index (κ2) is 6.14. The summed E-state index contributed by atoms with van der Waals surface area (Å²) in [6, 6.07) is 0. The molecule has 1 aromatic heterocycles. The highest BCUT2D eigenvalue weighted by molar-refractivity contribution is 5.85. The van der Waals surface area contributed by atoms with E-state index in [9.17, 15) is 9.90 Å². The van der Waals surface area contributed by atoms with Crippen LogP contribution in [0.2, 0.25) is 0 Å². The fourth-order valence-corrected chi connectivity index (χ4v) is 3.27. The van der Waals surface area contributed by atoms with Gasteiger partial charge in [0.15, 0.2) is 0 Å². The van der Waals surface area contributed by atoms with Gasteiger partial charge in [-0.2, -0.15) is 0 Å². The number of rotatable bonds is 2. The highest BCUT2D eigenvalue weighted by Crippen LogP contribution is 2.30. The number of carboxylic acids is 1.